The highest BCUT2D eigenvalue weighted by molar-refractivity contribution is 6.42. The summed E-state index contributed by atoms with van der Waals surface area (Å²) in [5.41, 5.74) is 2.58. The van der Waals surface area contributed by atoms with Crippen LogP contribution in [0, 0.1) is 0 Å². The average Bonchev–Trinajstić information content (AvgIpc) is 2.85. The summed E-state index contributed by atoms with van der Waals surface area (Å²) in [4.78, 5) is 28.9. The zero-order valence-electron chi connectivity index (χ0n) is 19.8. The van der Waals surface area contributed by atoms with Gasteiger partial charge in [-0.2, -0.15) is 0 Å². The number of benzene rings is 3. The molecule has 1 N–H and O–H groups in total. The molecule has 3 aromatic carbocycles. The number of nitrogens with one attached hydrogen (secondary N) is 1. The minimum Gasteiger partial charge on any atom is -0.352 e. The van der Waals surface area contributed by atoms with Crippen LogP contribution in [0.5, 0.6) is 0 Å². The predicted molar refractivity (Wildman–Crippen MR) is 144 cm³/mol. The summed E-state index contributed by atoms with van der Waals surface area (Å²) in [5.74, 6) is -0.363. The fourth-order valence-corrected chi connectivity index (χ4v) is 4.15. The van der Waals surface area contributed by atoms with Crippen molar-refractivity contribution in [3.8, 4) is 0 Å². The molecule has 2 amide bonds. The maximum Gasteiger partial charge on any atom is 0.243 e. The molecule has 0 heterocycles. The zero-order chi connectivity index (χ0) is 25.4. The highest BCUT2D eigenvalue weighted by Gasteiger charge is 2.31. The summed E-state index contributed by atoms with van der Waals surface area (Å²) < 4.78 is 0. The van der Waals surface area contributed by atoms with E-state index in [-0.39, 0.29) is 30.8 Å². The number of carbonyl (C=O) groups is 2. The Labute approximate surface area is 222 Å². The van der Waals surface area contributed by atoms with Crippen molar-refractivity contribution in [3.63, 3.8) is 0 Å². The van der Waals surface area contributed by atoms with E-state index in [1.165, 1.54) is 0 Å². The van der Waals surface area contributed by atoms with Gasteiger partial charge in [0.05, 0.1) is 16.5 Å². The molecule has 7 heteroatoms. The Balaban J connectivity index is 1.97. The van der Waals surface area contributed by atoms with E-state index in [4.69, 9.17) is 34.8 Å². The highest BCUT2D eigenvalue weighted by Crippen LogP contribution is 2.24. The predicted octanol–water partition coefficient (Wildman–Crippen LogP) is 6.74. The fraction of sp³-hybridized carbons (Fsp3) is 0.286. The third-order valence-corrected chi connectivity index (χ3v) is 6.87. The van der Waals surface area contributed by atoms with E-state index in [1.807, 2.05) is 56.3 Å². The average molecular weight is 532 g/mol. The number of halogens is 3. The lowest BCUT2D eigenvalue weighted by Gasteiger charge is -2.32. The largest absolute Gasteiger partial charge is 0.352 e. The van der Waals surface area contributed by atoms with Crippen LogP contribution < -0.4 is 5.32 Å². The number of amides is 2. The molecule has 184 valence electrons. The van der Waals surface area contributed by atoms with Gasteiger partial charge in [0.25, 0.3) is 0 Å². The Hall–Kier alpha value is -2.53. The number of carbonyl (C=O) groups excluding carboxylic acids is 2. The first-order chi connectivity index (χ1) is 16.8. The Morgan fingerprint density at radius 3 is 2.14 bits per heavy atom. The molecule has 0 aliphatic carbocycles. The third kappa shape index (κ3) is 7.99. The van der Waals surface area contributed by atoms with Crippen molar-refractivity contribution in [1.29, 1.82) is 0 Å². The van der Waals surface area contributed by atoms with Crippen LogP contribution in [0.3, 0.4) is 0 Å². The van der Waals surface area contributed by atoms with Crippen molar-refractivity contribution in [3.05, 3.63) is 105 Å². The SMILES string of the molecule is CC[C@H](C)NC(=O)[C@H](Cc1ccccc1)N(Cc1ccc(Cl)cc1)C(=O)Cc1ccc(Cl)c(Cl)c1. The lowest BCUT2D eigenvalue weighted by molar-refractivity contribution is -0.141. The molecular formula is C28H29Cl3N2O2. The van der Waals surface area contributed by atoms with Crippen LogP contribution in [0.1, 0.15) is 37.0 Å². The third-order valence-electron chi connectivity index (χ3n) is 5.88. The molecule has 35 heavy (non-hydrogen) atoms. The van der Waals surface area contributed by atoms with Gasteiger partial charge < -0.3 is 10.2 Å². The first-order valence-electron chi connectivity index (χ1n) is 11.6. The summed E-state index contributed by atoms with van der Waals surface area (Å²) in [7, 11) is 0. The van der Waals surface area contributed by atoms with Crippen LogP contribution >= 0.6 is 34.8 Å². The summed E-state index contributed by atoms with van der Waals surface area (Å²) in [5, 5.41) is 4.49. The van der Waals surface area contributed by atoms with Gasteiger partial charge in [0.15, 0.2) is 0 Å². The van der Waals surface area contributed by atoms with E-state index >= 15 is 0 Å². The van der Waals surface area contributed by atoms with Crippen LogP contribution in [0.2, 0.25) is 15.1 Å². The van der Waals surface area contributed by atoms with Crippen LogP contribution in [0.25, 0.3) is 0 Å². The van der Waals surface area contributed by atoms with E-state index in [9.17, 15) is 9.59 Å². The summed E-state index contributed by atoms with van der Waals surface area (Å²) >= 11 is 18.3. The second kappa shape index (κ2) is 13.0. The van der Waals surface area contributed by atoms with E-state index in [0.29, 0.717) is 21.5 Å². The second-order valence-electron chi connectivity index (χ2n) is 8.60. The molecule has 0 radical (unpaired) electrons. The Kier molecular flexibility index (Phi) is 10.0. The minimum absolute atomic E-state index is 0.0108. The van der Waals surface area contributed by atoms with Crippen LogP contribution in [0.4, 0.5) is 0 Å². The standard InChI is InChI=1S/C28H29Cl3N2O2/c1-3-19(2)32-28(35)26(16-20-7-5-4-6-8-20)33(18-21-9-12-23(29)13-10-21)27(34)17-22-11-14-24(30)25(31)15-22/h4-15,19,26H,3,16-18H2,1-2H3,(H,32,35)/t19-,26-/m0/s1. The molecule has 0 saturated carbocycles. The fourth-order valence-electron chi connectivity index (χ4n) is 3.71. The first kappa shape index (κ1) is 27.1. The number of hydrogen-bond donors (Lipinski definition) is 1. The molecule has 2 atom stereocenters. The molecule has 0 spiro atoms. The van der Waals surface area contributed by atoms with E-state index in [0.717, 1.165) is 23.1 Å². The Bertz CT molecular complexity index is 1140. The van der Waals surface area contributed by atoms with Crippen molar-refractivity contribution in [2.24, 2.45) is 0 Å². The van der Waals surface area contributed by atoms with E-state index < -0.39 is 6.04 Å². The van der Waals surface area contributed by atoms with Gasteiger partial charge >= 0.3 is 0 Å². The van der Waals surface area contributed by atoms with Gasteiger partial charge in [0.1, 0.15) is 6.04 Å². The summed E-state index contributed by atoms with van der Waals surface area (Å²) in [6, 6.07) is 21.5. The summed E-state index contributed by atoms with van der Waals surface area (Å²) in [6.45, 7) is 4.24. The number of hydrogen-bond acceptors (Lipinski definition) is 2. The van der Waals surface area contributed by atoms with Crippen molar-refractivity contribution < 1.29 is 9.59 Å². The molecular weight excluding hydrogens is 503 g/mol. The summed E-state index contributed by atoms with van der Waals surface area (Å²) in [6.07, 6.45) is 1.27. The molecule has 0 aromatic heterocycles. The molecule has 4 nitrogen and oxygen atoms in total. The molecule has 0 fully saturated rings. The van der Waals surface area contributed by atoms with Crippen LogP contribution in [-0.4, -0.2) is 28.8 Å². The van der Waals surface area contributed by atoms with Gasteiger partial charge in [-0.3, -0.25) is 9.59 Å². The lowest BCUT2D eigenvalue weighted by Crippen LogP contribution is -2.52. The zero-order valence-corrected chi connectivity index (χ0v) is 22.1. The van der Waals surface area contributed by atoms with Crippen LogP contribution in [-0.2, 0) is 29.0 Å². The number of rotatable bonds is 10. The van der Waals surface area contributed by atoms with Crippen LogP contribution in [0.15, 0.2) is 72.8 Å². The lowest BCUT2D eigenvalue weighted by atomic mass is 10.0. The monoisotopic (exact) mass is 530 g/mol. The van der Waals surface area contributed by atoms with E-state index in [2.05, 4.69) is 5.32 Å². The number of nitrogens with zero attached hydrogens (tertiary/aromatic N) is 1. The molecule has 0 aliphatic heterocycles. The Morgan fingerprint density at radius 2 is 1.51 bits per heavy atom. The van der Waals surface area contributed by atoms with E-state index in [1.54, 1.807) is 35.2 Å². The van der Waals surface area contributed by atoms with Crippen molar-refractivity contribution in [1.82, 2.24) is 10.2 Å². The molecule has 3 rings (SSSR count). The van der Waals surface area contributed by atoms with Gasteiger partial charge in [-0.15, -0.1) is 0 Å². The minimum atomic E-state index is -0.697. The molecule has 0 bridgehead atoms. The highest BCUT2D eigenvalue weighted by atomic mass is 35.5. The maximum absolute atomic E-state index is 13.7. The quantitative estimate of drug-likeness (QED) is 0.315. The van der Waals surface area contributed by atoms with Crippen molar-refractivity contribution in [2.45, 2.75) is 51.7 Å². The van der Waals surface area contributed by atoms with Gasteiger partial charge in [-0.1, -0.05) is 90.3 Å². The van der Waals surface area contributed by atoms with Crippen molar-refractivity contribution >= 4 is 46.6 Å². The van der Waals surface area contributed by atoms with Gasteiger partial charge in [0.2, 0.25) is 11.8 Å². The molecule has 0 unspecified atom stereocenters. The smallest absolute Gasteiger partial charge is 0.243 e. The van der Waals surface area contributed by atoms with Gasteiger partial charge in [-0.25, -0.2) is 0 Å². The van der Waals surface area contributed by atoms with Gasteiger partial charge in [0, 0.05) is 24.0 Å². The first-order valence-corrected chi connectivity index (χ1v) is 12.7. The van der Waals surface area contributed by atoms with Gasteiger partial charge in [-0.05, 0) is 54.3 Å². The molecule has 3 aromatic rings. The second-order valence-corrected chi connectivity index (χ2v) is 9.85. The topological polar surface area (TPSA) is 49.4 Å². The molecule has 0 saturated heterocycles. The normalized spacial score (nSPS) is 12.6. The van der Waals surface area contributed by atoms with Crippen molar-refractivity contribution in [2.75, 3.05) is 0 Å². The Morgan fingerprint density at radius 1 is 0.857 bits per heavy atom. The maximum atomic E-state index is 13.7. The molecule has 0 aliphatic rings.